The van der Waals surface area contributed by atoms with Crippen molar-refractivity contribution in [2.24, 2.45) is 11.7 Å². The van der Waals surface area contributed by atoms with Gasteiger partial charge in [0.25, 0.3) is 0 Å². The van der Waals surface area contributed by atoms with Gasteiger partial charge in [0.15, 0.2) is 0 Å². The third-order valence-corrected chi connectivity index (χ3v) is 4.01. The predicted octanol–water partition coefficient (Wildman–Crippen LogP) is 2.54. The maximum absolute atomic E-state index is 12.3. The third kappa shape index (κ3) is 3.74. The molecule has 5 heteroatoms. The Morgan fingerprint density at radius 3 is 2.43 bits per heavy atom. The van der Waals surface area contributed by atoms with Crippen LogP contribution in [0.3, 0.4) is 0 Å². The van der Waals surface area contributed by atoms with E-state index in [0.29, 0.717) is 31.8 Å². The number of hydrogen-bond donors (Lipinski definition) is 2. The molecule has 0 saturated carbocycles. The molecule has 0 radical (unpaired) electrons. The number of nitrogens with zero attached hydrogens (tertiary/aromatic N) is 1. The van der Waals surface area contributed by atoms with Gasteiger partial charge in [-0.15, -0.1) is 0 Å². The molecule has 3 N–H and O–H groups in total. The fraction of sp³-hybridized carbons (Fsp3) is 0.500. The van der Waals surface area contributed by atoms with Gasteiger partial charge in [-0.3, -0.25) is 4.79 Å². The van der Waals surface area contributed by atoms with E-state index in [0.717, 1.165) is 11.3 Å². The number of piperidine rings is 1. The maximum Gasteiger partial charge on any atom is 0.321 e. The number of primary amides is 1. The zero-order valence-corrected chi connectivity index (χ0v) is 12.6. The van der Waals surface area contributed by atoms with Gasteiger partial charge in [-0.2, -0.15) is 0 Å². The van der Waals surface area contributed by atoms with E-state index >= 15 is 0 Å². The van der Waals surface area contributed by atoms with E-state index in [2.05, 4.69) is 19.2 Å². The summed E-state index contributed by atoms with van der Waals surface area (Å²) in [6.07, 6.45) is 1.29. The quantitative estimate of drug-likeness (QED) is 0.897. The van der Waals surface area contributed by atoms with Crippen molar-refractivity contribution in [3.05, 3.63) is 29.8 Å². The van der Waals surface area contributed by atoms with Crippen LogP contribution in [0.1, 0.15) is 38.2 Å². The number of hydrogen-bond acceptors (Lipinski definition) is 2. The van der Waals surface area contributed by atoms with Gasteiger partial charge in [-0.05, 0) is 30.4 Å². The Morgan fingerprint density at radius 1 is 1.24 bits per heavy atom. The summed E-state index contributed by atoms with van der Waals surface area (Å²) in [4.78, 5) is 25.2. The molecule has 3 amide bonds. The monoisotopic (exact) mass is 289 g/mol. The summed E-state index contributed by atoms with van der Waals surface area (Å²) in [5.41, 5.74) is 7.29. The summed E-state index contributed by atoms with van der Waals surface area (Å²) in [5, 5.41) is 2.98. The number of carbonyl (C=O) groups excluding carboxylic acids is 2. The van der Waals surface area contributed by atoms with Crippen LogP contribution in [0.4, 0.5) is 10.5 Å². The molecule has 0 spiro atoms. The number of rotatable bonds is 3. The van der Waals surface area contributed by atoms with E-state index < -0.39 is 0 Å². The van der Waals surface area contributed by atoms with Crippen LogP contribution in [-0.2, 0) is 4.79 Å². The van der Waals surface area contributed by atoms with Crippen molar-refractivity contribution in [1.29, 1.82) is 0 Å². The molecule has 21 heavy (non-hydrogen) atoms. The standard InChI is InChI=1S/C16H23N3O2/c1-11(2)13-5-3-4-6-14(13)18-16(21)19-9-7-12(8-10-19)15(17)20/h3-6,11-12H,7-10H2,1-2H3,(H2,17,20)(H,18,21). The normalized spacial score (nSPS) is 16.0. The van der Waals surface area contributed by atoms with E-state index in [1.165, 1.54) is 0 Å². The molecule has 1 saturated heterocycles. The van der Waals surface area contributed by atoms with Crippen molar-refractivity contribution in [2.45, 2.75) is 32.6 Å². The van der Waals surface area contributed by atoms with Gasteiger partial charge < -0.3 is 16.0 Å². The Morgan fingerprint density at radius 2 is 1.86 bits per heavy atom. The summed E-state index contributed by atoms with van der Waals surface area (Å²) in [6, 6.07) is 7.73. The molecule has 5 nitrogen and oxygen atoms in total. The van der Waals surface area contributed by atoms with Gasteiger partial charge in [0.05, 0.1) is 0 Å². The van der Waals surface area contributed by atoms with Crippen molar-refractivity contribution < 1.29 is 9.59 Å². The zero-order chi connectivity index (χ0) is 15.4. The minimum Gasteiger partial charge on any atom is -0.369 e. The SMILES string of the molecule is CC(C)c1ccccc1NC(=O)N1CCC(C(N)=O)CC1. The molecule has 1 aliphatic heterocycles. The Bertz CT molecular complexity index is 520. The summed E-state index contributed by atoms with van der Waals surface area (Å²) < 4.78 is 0. The lowest BCUT2D eigenvalue weighted by Crippen LogP contribution is -2.43. The topological polar surface area (TPSA) is 75.4 Å². The molecular formula is C16H23N3O2. The van der Waals surface area contributed by atoms with Crippen molar-refractivity contribution in [2.75, 3.05) is 18.4 Å². The molecule has 0 bridgehead atoms. The highest BCUT2D eigenvalue weighted by molar-refractivity contribution is 5.90. The van der Waals surface area contributed by atoms with Gasteiger partial charge in [0.1, 0.15) is 0 Å². The Labute approximate surface area is 125 Å². The zero-order valence-electron chi connectivity index (χ0n) is 12.6. The largest absolute Gasteiger partial charge is 0.369 e. The predicted molar refractivity (Wildman–Crippen MR) is 83.0 cm³/mol. The van der Waals surface area contributed by atoms with Crippen molar-refractivity contribution in [3.8, 4) is 0 Å². The Balaban J connectivity index is 1.98. The molecule has 0 aliphatic carbocycles. The number of carbonyl (C=O) groups is 2. The van der Waals surface area contributed by atoms with E-state index in [1.54, 1.807) is 4.90 Å². The highest BCUT2D eigenvalue weighted by Crippen LogP contribution is 2.24. The lowest BCUT2D eigenvalue weighted by molar-refractivity contribution is -0.122. The Hall–Kier alpha value is -2.04. The molecule has 0 unspecified atom stereocenters. The number of para-hydroxylation sites is 1. The number of nitrogens with one attached hydrogen (secondary N) is 1. The number of anilines is 1. The van der Waals surface area contributed by atoms with Crippen LogP contribution in [0.2, 0.25) is 0 Å². The lowest BCUT2D eigenvalue weighted by atomic mass is 9.96. The number of urea groups is 1. The third-order valence-electron chi connectivity index (χ3n) is 4.01. The lowest BCUT2D eigenvalue weighted by Gasteiger charge is -2.31. The average Bonchev–Trinajstić information content (AvgIpc) is 2.47. The Kier molecular flexibility index (Phi) is 4.83. The molecule has 2 rings (SSSR count). The van der Waals surface area contributed by atoms with Gasteiger partial charge in [-0.25, -0.2) is 4.79 Å². The van der Waals surface area contributed by atoms with Crippen LogP contribution in [0.15, 0.2) is 24.3 Å². The van der Waals surface area contributed by atoms with Gasteiger partial charge >= 0.3 is 6.03 Å². The number of nitrogens with two attached hydrogens (primary N) is 1. The van der Waals surface area contributed by atoms with Crippen molar-refractivity contribution in [1.82, 2.24) is 4.90 Å². The summed E-state index contributed by atoms with van der Waals surface area (Å²) >= 11 is 0. The first kappa shape index (κ1) is 15.4. The molecule has 1 heterocycles. The smallest absolute Gasteiger partial charge is 0.321 e. The maximum atomic E-state index is 12.3. The molecule has 1 aromatic rings. The van der Waals surface area contributed by atoms with Crippen LogP contribution in [0.25, 0.3) is 0 Å². The first-order valence-electron chi connectivity index (χ1n) is 7.43. The van der Waals surface area contributed by atoms with E-state index in [1.807, 2.05) is 24.3 Å². The summed E-state index contributed by atoms with van der Waals surface area (Å²) in [6.45, 7) is 5.35. The van der Waals surface area contributed by atoms with Crippen molar-refractivity contribution >= 4 is 17.6 Å². The van der Waals surface area contributed by atoms with Crippen molar-refractivity contribution in [3.63, 3.8) is 0 Å². The second-order valence-electron chi connectivity index (χ2n) is 5.84. The molecule has 0 aromatic heterocycles. The average molecular weight is 289 g/mol. The van der Waals surface area contributed by atoms with Crippen LogP contribution in [0.5, 0.6) is 0 Å². The van der Waals surface area contributed by atoms with Crippen LogP contribution in [-0.4, -0.2) is 29.9 Å². The van der Waals surface area contributed by atoms with Gasteiger partial charge in [0, 0.05) is 24.7 Å². The minimum absolute atomic E-state index is 0.1000. The highest BCUT2D eigenvalue weighted by atomic mass is 16.2. The second kappa shape index (κ2) is 6.61. The van der Waals surface area contributed by atoms with Crippen LogP contribution >= 0.6 is 0 Å². The van der Waals surface area contributed by atoms with Crippen LogP contribution in [0, 0.1) is 5.92 Å². The minimum atomic E-state index is -0.264. The van der Waals surface area contributed by atoms with E-state index in [4.69, 9.17) is 5.73 Å². The molecule has 114 valence electrons. The highest BCUT2D eigenvalue weighted by Gasteiger charge is 2.26. The summed E-state index contributed by atoms with van der Waals surface area (Å²) in [7, 11) is 0. The van der Waals surface area contributed by atoms with E-state index in [-0.39, 0.29) is 17.9 Å². The molecular weight excluding hydrogens is 266 g/mol. The molecule has 1 fully saturated rings. The number of likely N-dealkylation sites (tertiary alicyclic amines) is 1. The first-order chi connectivity index (χ1) is 9.99. The van der Waals surface area contributed by atoms with Gasteiger partial charge in [0.2, 0.25) is 5.91 Å². The van der Waals surface area contributed by atoms with E-state index in [9.17, 15) is 9.59 Å². The van der Waals surface area contributed by atoms with Crippen LogP contribution < -0.4 is 11.1 Å². The molecule has 0 atom stereocenters. The number of amides is 3. The molecule has 1 aromatic carbocycles. The number of benzene rings is 1. The summed E-state index contributed by atoms with van der Waals surface area (Å²) in [5.74, 6) is -0.0145. The second-order valence-corrected chi connectivity index (χ2v) is 5.84. The fourth-order valence-corrected chi connectivity index (χ4v) is 2.68. The van der Waals surface area contributed by atoms with Gasteiger partial charge in [-0.1, -0.05) is 32.0 Å². The first-order valence-corrected chi connectivity index (χ1v) is 7.43. The molecule has 1 aliphatic rings. The fourth-order valence-electron chi connectivity index (χ4n) is 2.68.